The summed E-state index contributed by atoms with van der Waals surface area (Å²) in [7, 11) is -3.69. The van der Waals surface area contributed by atoms with Gasteiger partial charge in [-0.05, 0) is 49.9 Å². The van der Waals surface area contributed by atoms with Crippen LogP contribution in [0.1, 0.15) is 44.9 Å². The SMILES string of the molecule is O=C([C@H]1CCCCN1S(=O)(=O)c1ccc(Cl)cc1)N1CCCCCC1. The number of rotatable bonds is 3. The van der Waals surface area contributed by atoms with Gasteiger partial charge >= 0.3 is 0 Å². The van der Waals surface area contributed by atoms with Crippen LogP contribution in [0.15, 0.2) is 29.2 Å². The number of benzene rings is 1. The molecule has 0 bridgehead atoms. The summed E-state index contributed by atoms with van der Waals surface area (Å²) < 4.78 is 27.6. The molecule has 5 nitrogen and oxygen atoms in total. The smallest absolute Gasteiger partial charge is 0.243 e. The van der Waals surface area contributed by atoms with Crippen LogP contribution in [0.4, 0.5) is 0 Å². The van der Waals surface area contributed by atoms with E-state index in [0.29, 0.717) is 18.0 Å². The number of carbonyl (C=O) groups is 1. The second kappa shape index (κ2) is 8.06. The Labute approximate surface area is 155 Å². The van der Waals surface area contributed by atoms with Crippen molar-refractivity contribution >= 4 is 27.5 Å². The molecule has 0 spiro atoms. The lowest BCUT2D eigenvalue weighted by Crippen LogP contribution is -2.53. The van der Waals surface area contributed by atoms with Crippen LogP contribution in [0.2, 0.25) is 5.02 Å². The lowest BCUT2D eigenvalue weighted by Gasteiger charge is -2.36. The number of piperidine rings is 1. The minimum absolute atomic E-state index is 0.0286. The molecule has 2 aliphatic rings. The van der Waals surface area contributed by atoms with E-state index in [4.69, 9.17) is 11.6 Å². The molecule has 0 aromatic heterocycles. The van der Waals surface area contributed by atoms with Gasteiger partial charge in [0.2, 0.25) is 15.9 Å². The van der Waals surface area contributed by atoms with Crippen molar-refractivity contribution in [3.05, 3.63) is 29.3 Å². The lowest BCUT2D eigenvalue weighted by molar-refractivity contribution is -0.136. The maximum atomic E-state index is 13.1. The molecule has 2 aliphatic heterocycles. The van der Waals surface area contributed by atoms with Crippen molar-refractivity contribution < 1.29 is 13.2 Å². The van der Waals surface area contributed by atoms with Crippen LogP contribution in [0.5, 0.6) is 0 Å². The van der Waals surface area contributed by atoms with Crippen molar-refractivity contribution in [2.24, 2.45) is 0 Å². The van der Waals surface area contributed by atoms with Crippen molar-refractivity contribution in [1.29, 1.82) is 0 Å². The molecule has 3 rings (SSSR count). The summed E-state index contributed by atoms with van der Waals surface area (Å²) in [5.74, 6) is -0.0286. The first-order valence-electron chi connectivity index (χ1n) is 9.06. The van der Waals surface area contributed by atoms with Crippen LogP contribution in [-0.4, -0.2) is 49.2 Å². The van der Waals surface area contributed by atoms with Crippen LogP contribution in [-0.2, 0) is 14.8 Å². The minimum atomic E-state index is -3.69. The number of sulfonamides is 1. The fourth-order valence-corrected chi connectivity index (χ4v) is 5.46. The largest absolute Gasteiger partial charge is 0.341 e. The zero-order valence-corrected chi connectivity index (χ0v) is 15.9. The van der Waals surface area contributed by atoms with Gasteiger partial charge in [-0.3, -0.25) is 4.79 Å². The van der Waals surface area contributed by atoms with E-state index in [-0.39, 0.29) is 10.8 Å². The first-order valence-corrected chi connectivity index (χ1v) is 10.9. The molecule has 1 amide bonds. The van der Waals surface area contributed by atoms with Gasteiger partial charge in [-0.1, -0.05) is 30.9 Å². The first-order chi connectivity index (χ1) is 12.0. The van der Waals surface area contributed by atoms with Gasteiger partial charge in [-0.2, -0.15) is 4.31 Å². The molecule has 25 heavy (non-hydrogen) atoms. The summed E-state index contributed by atoms with van der Waals surface area (Å²) in [5, 5.41) is 0.495. The molecule has 1 atom stereocenters. The van der Waals surface area contributed by atoms with Crippen molar-refractivity contribution in [2.45, 2.75) is 55.9 Å². The number of halogens is 1. The summed E-state index contributed by atoms with van der Waals surface area (Å²) in [5.41, 5.74) is 0. The quantitative estimate of drug-likeness (QED) is 0.803. The molecule has 0 saturated carbocycles. The van der Waals surface area contributed by atoms with Gasteiger partial charge in [0.15, 0.2) is 0 Å². The first kappa shape index (κ1) is 18.7. The molecule has 0 N–H and O–H groups in total. The fraction of sp³-hybridized carbons (Fsp3) is 0.611. The second-order valence-corrected chi connectivity index (χ2v) is 9.15. The van der Waals surface area contributed by atoms with Gasteiger partial charge in [0, 0.05) is 24.7 Å². The molecule has 1 aromatic rings. The average Bonchev–Trinajstić information content (AvgIpc) is 2.91. The highest BCUT2D eigenvalue weighted by molar-refractivity contribution is 7.89. The fourth-order valence-electron chi connectivity index (χ4n) is 3.68. The highest BCUT2D eigenvalue weighted by Gasteiger charge is 2.39. The van der Waals surface area contributed by atoms with E-state index in [0.717, 1.165) is 51.6 Å². The number of nitrogens with zero attached hydrogens (tertiary/aromatic N) is 2. The molecule has 1 aromatic carbocycles. The van der Waals surface area contributed by atoms with E-state index in [1.165, 1.54) is 16.4 Å². The molecule has 2 heterocycles. The Morgan fingerprint density at radius 2 is 1.52 bits per heavy atom. The van der Waals surface area contributed by atoms with E-state index in [9.17, 15) is 13.2 Å². The highest BCUT2D eigenvalue weighted by atomic mass is 35.5. The Morgan fingerprint density at radius 1 is 0.920 bits per heavy atom. The van der Waals surface area contributed by atoms with Crippen molar-refractivity contribution in [3.8, 4) is 0 Å². The van der Waals surface area contributed by atoms with Crippen LogP contribution in [0.25, 0.3) is 0 Å². The second-order valence-electron chi connectivity index (χ2n) is 6.82. The van der Waals surface area contributed by atoms with E-state index in [1.807, 2.05) is 4.90 Å². The summed E-state index contributed by atoms with van der Waals surface area (Å²) in [4.78, 5) is 15.1. The van der Waals surface area contributed by atoms with E-state index in [2.05, 4.69) is 0 Å². The van der Waals surface area contributed by atoms with Crippen LogP contribution < -0.4 is 0 Å². The third kappa shape index (κ3) is 4.18. The molecule has 0 aliphatic carbocycles. The van der Waals surface area contributed by atoms with Crippen molar-refractivity contribution in [2.75, 3.05) is 19.6 Å². The highest BCUT2D eigenvalue weighted by Crippen LogP contribution is 2.28. The molecular formula is C18H25ClN2O3S. The van der Waals surface area contributed by atoms with E-state index >= 15 is 0 Å². The third-order valence-electron chi connectivity index (χ3n) is 5.08. The summed E-state index contributed by atoms with van der Waals surface area (Å²) in [6, 6.07) is 5.60. The topological polar surface area (TPSA) is 57.7 Å². The number of amides is 1. The Kier molecular flexibility index (Phi) is 6.02. The molecule has 2 fully saturated rings. The molecular weight excluding hydrogens is 360 g/mol. The number of carbonyl (C=O) groups excluding carboxylic acids is 1. The molecule has 7 heteroatoms. The zero-order valence-electron chi connectivity index (χ0n) is 14.4. The van der Waals surface area contributed by atoms with Gasteiger partial charge in [0.05, 0.1) is 4.90 Å². The predicted molar refractivity (Wildman–Crippen MR) is 98.0 cm³/mol. The number of hydrogen-bond donors (Lipinski definition) is 0. The standard InChI is InChI=1S/C18H25ClN2O3S/c19-15-8-10-16(11-9-15)25(23,24)21-14-6-3-7-17(21)18(22)20-12-4-1-2-5-13-20/h8-11,17H,1-7,12-14H2/t17-/m1/s1. The van der Waals surface area contributed by atoms with Gasteiger partial charge in [-0.25, -0.2) is 8.42 Å². The Morgan fingerprint density at radius 3 is 2.16 bits per heavy atom. The maximum absolute atomic E-state index is 13.1. The van der Waals surface area contributed by atoms with Crippen LogP contribution in [0, 0.1) is 0 Å². The Balaban J connectivity index is 1.84. The summed E-state index contributed by atoms with van der Waals surface area (Å²) in [6.07, 6.45) is 6.56. The van der Waals surface area contributed by atoms with Crippen LogP contribution in [0.3, 0.4) is 0 Å². The predicted octanol–water partition coefficient (Wildman–Crippen LogP) is 3.29. The van der Waals surface area contributed by atoms with Crippen molar-refractivity contribution in [1.82, 2.24) is 9.21 Å². The normalized spacial score (nSPS) is 23.2. The number of likely N-dealkylation sites (tertiary alicyclic amines) is 1. The van der Waals surface area contributed by atoms with Gasteiger partial charge in [0.1, 0.15) is 6.04 Å². The molecule has 2 saturated heterocycles. The van der Waals surface area contributed by atoms with Crippen LogP contribution >= 0.6 is 11.6 Å². The Hall–Kier alpha value is -1.11. The van der Waals surface area contributed by atoms with E-state index < -0.39 is 16.1 Å². The van der Waals surface area contributed by atoms with Gasteiger partial charge in [-0.15, -0.1) is 0 Å². The maximum Gasteiger partial charge on any atom is 0.243 e. The zero-order chi connectivity index (χ0) is 17.9. The van der Waals surface area contributed by atoms with Gasteiger partial charge < -0.3 is 4.90 Å². The Bertz CT molecular complexity index is 698. The number of hydrogen-bond acceptors (Lipinski definition) is 3. The van der Waals surface area contributed by atoms with Crippen molar-refractivity contribution in [3.63, 3.8) is 0 Å². The summed E-state index contributed by atoms with van der Waals surface area (Å²) >= 11 is 5.87. The molecule has 0 radical (unpaired) electrons. The third-order valence-corrected chi connectivity index (χ3v) is 7.25. The monoisotopic (exact) mass is 384 g/mol. The molecule has 0 unspecified atom stereocenters. The average molecular weight is 385 g/mol. The summed E-state index contributed by atoms with van der Waals surface area (Å²) in [6.45, 7) is 1.88. The minimum Gasteiger partial charge on any atom is -0.341 e. The van der Waals surface area contributed by atoms with Gasteiger partial charge in [0.25, 0.3) is 0 Å². The van der Waals surface area contributed by atoms with E-state index in [1.54, 1.807) is 12.1 Å². The lowest BCUT2D eigenvalue weighted by atomic mass is 10.0. The molecule has 138 valence electrons.